The van der Waals surface area contributed by atoms with Gasteiger partial charge in [0.25, 0.3) is 0 Å². The Bertz CT molecular complexity index is 386. The molecular formula is C9H7Cl2NO3. The molecule has 0 saturated carbocycles. The van der Waals surface area contributed by atoms with Crippen molar-refractivity contribution >= 4 is 40.8 Å². The molecule has 0 heterocycles. The highest BCUT2D eigenvalue weighted by atomic mass is 35.5. The van der Waals surface area contributed by atoms with Gasteiger partial charge in [-0.05, 0) is 12.1 Å². The standard InChI is InChI=1S/C9H7Cl2NO3/c10-5-2-1-3-6(11)9(5)12-7(13)4-8(14)15/h1-3H,4H2,(H,12,13)(H,14,15). The monoisotopic (exact) mass is 247 g/mol. The van der Waals surface area contributed by atoms with E-state index in [-0.39, 0.29) is 15.7 Å². The smallest absolute Gasteiger partial charge is 0.312 e. The number of carbonyl (C=O) groups is 2. The molecule has 1 aromatic carbocycles. The molecule has 6 heteroatoms. The van der Waals surface area contributed by atoms with Crippen LogP contribution in [0.25, 0.3) is 0 Å². The average molecular weight is 248 g/mol. The lowest BCUT2D eigenvalue weighted by Gasteiger charge is -2.07. The number of carbonyl (C=O) groups excluding carboxylic acids is 1. The van der Waals surface area contributed by atoms with Gasteiger partial charge in [-0.2, -0.15) is 0 Å². The van der Waals surface area contributed by atoms with Crippen LogP contribution < -0.4 is 5.32 Å². The fraction of sp³-hybridized carbons (Fsp3) is 0.111. The Labute approximate surface area is 95.8 Å². The predicted octanol–water partition coefficient (Wildman–Crippen LogP) is 2.41. The number of nitrogens with one attached hydrogen (secondary N) is 1. The third-order valence-corrected chi connectivity index (χ3v) is 2.17. The largest absolute Gasteiger partial charge is 0.481 e. The molecule has 4 nitrogen and oxygen atoms in total. The van der Waals surface area contributed by atoms with Gasteiger partial charge in [-0.1, -0.05) is 29.3 Å². The Balaban J connectivity index is 2.80. The molecule has 0 atom stereocenters. The summed E-state index contributed by atoms with van der Waals surface area (Å²) in [7, 11) is 0. The Morgan fingerprint density at radius 3 is 2.27 bits per heavy atom. The number of carboxylic acid groups (broad SMARTS) is 1. The molecule has 1 amide bonds. The second kappa shape index (κ2) is 5.00. The van der Waals surface area contributed by atoms with Crippen LogP contribution in [-0.2, 0) is 9.59 Å². The van der Waals surface area contributed by atoms with Crippen molar-refractivity contribution in [3.05, 3.63) is 28.2 Å². The molecule has 0 bridgehead atoms. The molecule has 80 valence electrons. The number of benzene rings is 1. The van der Waals surface area contributed by atoms with Crippen molar-refractivity contribution in [2.75, 3.05) is 5.32 Å². The topological polar surface area (TPSA) is 66.4 Å². The second-order valence-corrected chi connectivity index (χ2v) is 3.53. The van der Waals surface area contributed by atoms with E-state index in [0.29, 0.717) is 0 Å². The fourth-order valence-corrected chi connectivity index (χ4v) is 1.43. The Morgan fingerprint density at radius 2 is 1.80 bits per heavy atom. The maximum Gasteiger partial charge on any atom is 0.312 e. The van der Waals surface area contributed by atoms with E-state index in [1.807, 2.05) is 0 Å². The van der Waals surface area contributed by atoms with Gasteiger partial charge >= 0.3 is 5.97 Å². The lowest BCUT2D eigenvalue weighted by molar-refractivity contribution is -0.139. The van der Waals surface area contributed by atoms with E-state index in [1.54, 1.807) is 18.2 Å². The van der Waals surface area contributed by atoms with Gasteiger partial charge in [-0.25, -0.2) is 0 Å². The van der Waals surface area contributed by atoms with E-state index < -0.39 is 18.3 Å². The summed E-state index contributed by atoms with van der Waals surface area (Å²) >= 11 is 11.5. The van der Waals surface area contributed by atoms with Crippen LogP contribution in [0.2, 0.25) is 10.0 Å². The highest BCUT2D eigenvalue weighted by Gasteiger charge is 2.11. The number of hydrogen-bond donors (Lipinski definition) is 2. The molecule has 0 saturated heterocycles. The van der Waals surface area contributed by atoms with E-state index in [4.69, 9.17) is 28.3 Å². The number of carboxylic acids is 1. The van der Waals surface area contributed by atoms with E-state index in [2.05, 4.69) is 5.32 Å². The number of rotatable bonds is 3. The van der Waals surface area contributed by atoms with Crippen LogP contribution in [0.15, 0.2) is 18.2 Å². The van der Waals surface area contributed by atoms with Crippen molar-refractivity contribution in [3.8, 4) is 0 Å². The molecule has 0 radical (unpaired) electrons. The maximum absolute atomic E-state index is 11.1. The summed E-state index contributed by atoms with van der Waals surface area (Å²) in [5.74, 6) is -1.88. The molecule has 1 aromatic rings. The van der Waals surface area contributed by atoms with Crippen molar-refractivity contribution in [1.82, 2.24) is 0 Å². The van der Waals surface area contributed by atoms with Gasteiger partial charge in [0.1, 0.15) is 6.42 Å². The Hall–Kier alpha value is -1.26. The average Bonchev–Trinajstić information content (AvgIpc) is 2.10. The highest BCUT2D eigenvalue weighted by Crippen LogP contribution is 2.29. The summed E-state index contributed by atoms with van der Waals surface area (Å²) in [5.41, 5.74) is 0.229. The Morgan fingerprint density at radius 1 is 1.27 bits per heavy atom. The molecule has 0 aliphatic carbocycles. The van der Waals surface area contributed by atoms with E-state index in [1.165, 1.54) is 0 Å². The number of halogens is 2. The van der Waals surface area contributed by atoms with Gasteiger partial charge in [0, 0.05) is 0 Å². The van der Waals surface area contributed by atoms with Crippen LogP contribution in [0.5, 0.6) is 0 Å². The highest BCUT2D eigenvalue weighted by molar-refractivity contribution is 6.39. The maximum atomic E-state index is 11.1. The van der Waals surface area contributed by atoms with Gasteiger partial charge < -0.3 is 10.4 Å². The van der Waals surface area contributed by atoms with Crippen LogP contribution in [0.1, 0.15) is 6.42 Å². The van der Waals surface area contributed by atoms with E-state index >= 15 is 0 Å². The van der Waals surface area contributed by atoms with Crippen LogP contribution in [0.3, 0.4) is 0 Å². The molecule has 15 heavy (non-hydrogen) atoms. The molecule has 2 N–H and O–H groups in total. The normalized spacial score (nSPS) is 9.73. The summed E-state index contributed by atoms with van der Waals surface area (Å²) in [4.78, 5) is 21.4. The number of anilines is 1. The minimum absolute atomic E-state index is 0.229. The number of para-hydroxylation sites is 1. The summed E-state index contributed by atoms with van der Waals surface area (Å²) in [5, 5.41) is 11.2. The van der Waals surface area contributed by atoms with E-state index in [9.17, 15) is 9.59 Å². The molecule has 0 fully saturated rings. The quantitative estimate of drug-likeness (QED) is 0.807. The van der Waals surface area contributed by atoms with Gasteiger partial charge in [0.15, 0.2) is 0 Å². The van der Waals surface area contributed by atoms with Crippen molar-refractivity contribution < 1.29 is 14.7 Å². The number of aliphatic carboxylic acids is 1. The zero-order valence-electron chi connectivity index (χ0n) is 7.46. The van der Waals surface area contributed by atoms with Crippen LogP contribution >= 0.6 is 23.2 Å². The van der Waals surface area contributed by atoms with Crippen molar-refractivity contribution in [1.29, 1.82) is 0 Å². The first-order chi connectivity index (χ1) is 7.00. The zero-order valence-corrected chi connectivity index (χ0v) is 8.97. The summed E-state index contributed by atoms with van der Waals surface area (Å²) < 4.78 is 0. The molecule has 0 aliphatic rings. The third-order valence-electron chi connectivity index (χ3n) is 1.54. The summed E-state index contributed by atoms with van der Waals surface area (Å²) in [6, 6.07) is 4.71. The van der Waals surface area contributed by atoms with E-state index in [0.717, 1.165) is 0 Å². The van der Waals surface area contributed by atoms with Crippen LogP contribution in [-0.4, -0.2) is 17.0 Å². The molecule has 0 unspecified atom stereocenters. The summed E-state index contributed by atoms with van der Waals surface area (Å²) in [6.45, 7) is 0. The SMILES string of the molecule is O=C(O)CC(=O)Nc1c(Cl)cccc1Cl. The number of amides is 1. The molecule has 0 spiro atoms. The lowest BCUT2D eigenvalue weighted by atomic mass is 10.3. The first-order valence-electron chi connectivity index (χ1n) is 3.96. The minimum Gasteiger partial charge on any atom is -0.481 e. The predicted molar refractivity (Wildman–Crippen MR) is 57.3 cm³/mol. The van der Waals surface area contributed by atoms with Crippen LogP contribution in [0, 0.1) is 0 Å². The second-order valence-electron chi connectivity index (χ2n) is 2.72. The first-order valence-corrected chi connectivity index (χ1v) is 4.72. The first kappa shape index (κ1) is 11.8. The fourth-order valence-electron chi connectivity index (χ4n) is 0.938. The van der Waals surface area contributed by atoms with Gasteiger partial charge in [0.2, 0.25) is 5.91 Å². The van der Waals surface area contributed by atoms with Gasteiger partial charge in [0.05, 0.1) is 15.7 Å². The Kier molecular flexibility index (Phi) is 3.94. The third kappa shape index (κ3) is 3.42. The molecule has 0 aliphatic heterocycles. The van der Waals surface area contributed by atoms with Crippen molar-refractivity contribution in [2.24, 2.45) is 0 Å². The number of hydrogen-bond acceptors (Lipinski definition) is 2. The van der Waals surface area contributed by atoms with Gasteiger partial charge in [-0.15, -0.1) is 0 Å². The lowest BCUT2D eigenvalue weighted by Crippen LogP contribution is -2.16. The van der Waals surface area contributed by atoms with Gasteiger partial charge in [-0.3, -0.25) is 9.59 Å². The molecule has 1 rings (SSSR count). The van der Waals surface area contributed by atoms with Crippen molar-refractivity contribution in [3.63, 3.8) is 0 Å². The minimum atomic E-state index is -1.21. The zero-order chi connectivity index (χ0) is 11.4. The summed E-state index contributed by atoms with van der Waals surface area (Å²) in [6.07, 6.45) is -0.623. The molecule has 0 aromatic heterocycles. The van der Waals surface area contributed by atoms with Crippen LogP contribution in [0.4, 0.5) is 5.69 Å². The van der Waals surface area contributed by atoms with Crippen molar-refractivity contribution in [2.45, 2.75) is 6.42 Å². The molecular weight excluding hydrogens is 241 g/mol.